The highest BCUT2D eigenvalue weighted by atomic mass is 35.5. The Morgan fingerprint density at radius 3 is 2.68 bits per heavy atom. The highest BCUT2D eigenvalue weighted by Crippen LogP contribution is 2.15. The number of halogens is 1. The van der Waals surface area contributed by atoms with Crippen LogP contribution in [0.25, 0.3) is 11.4 Å². The van der Waals surface area contributed by atoms with Gasteiger partial charge in [0, 0.05) is 30.2 Å². The Hall–Kier alpha value is -3.78. The van der Waals surface area contributed by atoms with Crippen LogP contribution in [0.15, 0.2) is 76.7 Å². The first-order valence-electron chi connectivity index (χ1n) is 9.52. The normalized spacial score (nSPS) is 10.9. The predicted molar refractivity (Wildman–Crippen MR) is 116 cm³/mol. The van der Waals surface area contributed by atoms with Crippen molar-refractivity contribution in [3.05, 3.63) is 104 Å². The number of hydrogen-bond donors (Lipinski definition) is 1. The smallest absolute Gasteiger partial charge is 0.350 e. The second-order valence-corrected chi connectivity index (χ2v) is 7.30. The van der Waals surface area contributed by atoms with Gasteiger partial charge in [-0.3, -0.25) is 19.1 Å². The van der Waals surface area contributed by atoms with Crippen LogP contribution < -0.4 is 16.6 Å². The molecule has 0 atom stereocenters. The topological polar surface area (TPSA) is 98.9 Å². The van der Waals surface area contributed by atoms with Gasteiger partial charge in [0.25, 0.3) is 5.56 Å². The average Bonchev–Trinajstić information content (AvgIpc) is 2.77. The van der Waals surface area contributed by atoms with Gasteiger partial charge in [0.2, 0.25) is 5.91 Å². The highest BCUT2D eigenvalue weighted by molar-refractivity contribution is 6.31. The van der Waals surface area contributed by atoms with E-state index in [0.29, 0.717) is 10.6 Å². The summed E-state index contributed by atoms with van der Waals surface area (Å²) >= 11 is 6.11. The third kappa shape index (κ3) is 4.54. The number of pyridine rings is 2. The van der Waals surface area contributed by atoms with E-state index in [1.54, 1.807) is 48.9 Å². The molecular weight excluding hydrogens is 418 g/mol. The zero-order valence-electron chi connectivity index (χ0n) is 16.4. The molecule has 2 aliphatic heterocycles. The largest absolute Gasteiger partial charge is 0.352 e. The van der Waals surface area contributed by atoms with E-state index in [1.165, 1.54) is 4.57 Å². The van der Waals surface area contributed by atoms with E-state index >= 15 is 0 Å². The van der Waals surface area contributed by atoms with Crippen LogP contribution in [-0.2, 0) is 24.4 Å². The number of amides is 1. The minimum Gasteiger partial charge on any atom is -0.350 e. The lowest BCUT2D eigenvalue weighted by Gasteiger charge is -2.15. The average molecular weight is 436 g/mol. The first-order valence-corrected chi connectivity index (χ1v) is 9.90. The first kappa shape index (κ1) is 20.5. The second kappa shape index (κ2) is 8.93. The van der Waals surface area contributed by atoms with E-state index in [1.807, 2.05) is 18.2 Å². The molecule has 4 rings (SSSR count). The fourth-order valence-corrected chi connectivity index (χ4v) is 3.41. The molecule has 2 aromatic rings. The van der Waals surface area contributed by atoms with Crippen LogP contribution in [0.5, 0.6) is 0 Å². The van der Waals surface area contributed by atoms with Crippen LogP contribution in [0.4, 0.5) is 0 Å². The molecule has 1 amide bonds. The lowest BCUT2D eigenvalue weighted by atomic mass is 10.2. The van der Waals surface area contributed by atoms with Crippen molar-refractivity contribution in [1.29, 1.82) is 0 Å². The Morgan fingerprint density at radius 1 is 1.06 bits per heavy atom. The summed E-state index contributed by atoms with van der Waals surface area (Å²) in [7, 11) is 0. The van der Waals surface area contributed by atoms with Gasteiger partial charge in [-0.15, -0.1) is 0 Å². The van der Waals surface area contributed by atoms with E-state index in [4.69, 9.17) is 11.6 Å². The Labute approximate surface area is 182 Å². The van der Waals surface area contributed by atoms with Crippen LogP contribution >= 0.6 is 11.6 Å². The maximum Gasteiger partial charge on any atom is 0.352 e. The van der Waals surface area contributed by atoms with Crippen molar-refractivity contribution in [2.45, 2.75) is 19.6 Å². The summed E-state index contributed by atoms with van der Waals surface area (Å²) < 4.78 is 2.54. The predicted octanol–water partition coefficient (Wildman–Crippen LogP) is 1.92. The molecule has 0 bridgehead atoms. The van der Waals surface area contributed by atoms with Crippen LogP contribution in [0.3, 0.4) is 0 Å². The van der Waals surface area contributed by atoms with E-state index < -0.39 is 11.2 Å². The summed E-state index contributed by atoms with van der Waals surface area (Å²) in [6.07, 6.45) is 4.81. The molecule has 8 nitrogen and oxygen atoms in total. The molecule has 0 spiro atoms. The third-order valence-corrected chi connectivity index (χ3v) is 5.13. The maximum atomic E-state index is 12.9. The lowest BCUT2D eigenvalue weighted by Crippen LogP contribution is -2.39. The summed E-state index contributed by atoms with van der Waals surface area (Å²) in [4.78, 5) is 46.0. The zero-order valence-corrected chi connectivity index (χ0v) is 17.1. The van der Waals surface area contributed by atoms with Crippen LogP contribution in [-0.4, -0.2) is 25.0 Å². The van der Waals surface area contributed by atoms with Crippen molar-refractivity contribution in [3.63, 3.8) is 0 Å². The summed E-state index contributed by atoms with van der Waals surface area (Å²) in [6, 6.07) is 14.0. The van der Waals surface area contributed by atoms with Crippen molar-refractivity contribution >= 4 is 17.5 Å². The molecule has 0 fully saturated rings. The Balaban J connectivity index is 1.58. The lowest BCUT2D eigenvalue weighted by molar-refractivity contribution is -0.121. The number of carbonyl (C=O) groups excluding carboxylic acids is 1. The monoisotopic (exact) mass is 435 g/mol. The molecule has 1 aromatic heterocycles. The molecule has 9 heteroatoms. The molecule has 1 aromatic carbocycles. The standard InChI is InChI=1S/C22H18ClN5O3/c23-18-8-2-1-6-16(18)12-25-19(29)14-27-10-4-7-17-20(27)26-22(31)28(21(17)30)13-15-5-3-9-24-11-15/h1-11H,12-14H2,(H,25,29). The molecule has 0 saturated carbocycles. The third-order valence-electron chi connectivity index (χ3n) is 4.76. The van der Waals surface area contributed by atoms with Gasteiger partial charge in [0.05, 0.1) is 12.1 Å². The van der Waals surface area contributed by atoms with Crippen molar-refractivity contribution in [2.75, 3.05) is 0 Å². The summed E-state index contributed by atoms with van der Waals surface area (Å²) in [5, 5.41) is 3.35. The van der Waals surface area contributed by atoms with Gasteiger partial charge in [-0.05, 0) is 35.4 Å². The summed E-state index contributed by atoms with van der Waals surface area (Å²) in [6.45, 7) is 0.240. The number of nitrogens with one attached hydrogen (secondary N) is 1. The molecule has 31 heavy (non-hydrogen) atoms. The Kier molecular flexibility index (Phi) is 5.90. The fourth-order valence-electron chi connectivity index (χ4n) is 3.21. The second-order valence-electron chi connectivity index (χ2n) is 6.89. The maximum absolute atomic E-state index is 12.9. The summed E-state index contributed by atoms with van der Waals surface area (Å²) in [5.74, 6) is -0.140. The molecule has 156 valence electrons. The minimum absolute atomic E-state index is 0.0711. The van der Waals surface area contributed by atoms with Crippen LogP contribution in [0.2, 0.25) is 5.02 Å². The fraction of sp³-hybridized carbons (Fsp3) is 0.136. The van der Waals surface area contributed by atoms with E-state index in [9.17, 15) is 14.4 Å². The van der Waals surface area contributed by atoms with E-state index in [-0.39, 0.29) is 36.9 Å². The van der Waals surface area contributed by atoms with Crippen molar-refractivity contribution < 1.29 is 4.79 Å². The first-order chi connectivity index (χ1) is 15.0. The molecule has 0 unspecified atom stereocenters. The van der Waals surface area contributed by atoms with Gasteiger partial charge >= 0.3 is 5.69 Å². The van der Waals surface area contributed by atoms with Gasteiger partial charge < -0.3 is 9.88 Å². The Morgan fingerprint density at radius 2 is 1.90 bits per heavy atom. The highest BCUT2D eigenvalue weighted by Gasteiger charge is 2.18. The molecule has 0 saturated heterocycles. The molecule has 2 aliphatic rings. The van der Waals surface area contributed by atoms with Crippen LogP contribution in [0, 0.1) is 0 Å². The number of carbonyl (C=O) groups is 1. The SMILES string of the molecule is O=C(Cn1cccc2c(=O)n(Cc3cccnc3)c(=O)nc1-2)NCc1ccccc1Cl. The van der Waals surface area contributed by atoms with Gasteiger partial charge in [-0.2, -0.15) is 4.98 Å². The zero-order chi connectivity index (χ0) is 21.8. The number of aromatic nitrogens is 4. The Bertz CT molecular complexity index is 1320. The van der Waals surface area contributed by atoms with Gasteiger partial charge in [0.15, 0.2) is 5.82 Å². The van der Waals surface area contributed by atoms with Crippen molar-refractivity contribution in [1.82, 2.24) is 24.4 Å². The summed E-state index contributed by atoms with van der Waals surface area (Å²) in [5.41, 5.74) is 0.608. The quantitative estimate of drug-likeness (QED) is 0.499. The molecule has 3 heterocycles. The van der Waals surface area contributed by atoms with Crippen molar-refractivity contribution in [2.24, 2.45) is 0 Å². The number of hydrogen-bond acceptors (Lipinski definition) is 5. The minimum atomic E-state index is -0.683. The van der Waals surface area contributed by atoms with Gasteiger partial charge in [-0.1, -0.05) is 35.9 Å². The molecule has 0 radical (unpaired) electrons. The molecule has 0 aliphatic carbocycles. The van der Waals surface area contributed by atoms with Crippen LogP contribution in [0.1, 0.15) is 11.1 Å². The molecular formula is C22H18ClN5O3. The van der Waals surface area contributed by atoms with Gasteiger partial charge in [-0.25, -0.2) is 4.79 Å². The van der Waals surface area contributed by atoms with Crippen molar-refractivity contribution in [3.8, 4) is 11.4 Å². The number of nitrogens with zero attached hydrogens (tertiary/aromatic N) is 4. The van der Waals surface area contributed by atoms with Gasteiger partial charge in [0.1, 0.15) is 6.54 Å². The molecule has 1 N–H and O–H groups in total. The number of benzene rings is 1. The van der Waals surface area contributed by atoms with E-state index in [2.05, 4.69) is 15.3 Å². The number of fused-ring (bicyclic) bond motifs is 1. The van der Waals surface area contributed by atoms with E-state index in [0.717, 1.165) is 10.1 Å². The number of rotatable bonds is 6.